The highest BCUT2D eigenvalue weighted by molar-refractivity contribution is 5.81. The Hall–Kier alpha value is -3.78. The van der Waals surface area contributed by atoms with Crippen LogP contribution in [0.4, 0.5) is 0 Å². The third kappa shape index (κ3) is 3.35. The molecule has 0 spiro atoms. The van der Waals surface area contributed by atoms with Crippen LogP contribution in [0.15, 0.2) is 0 Å². The van der Waals surface area contributed by atoms with Crippen LogP contribution in [-0.4, -0.2) is 51.0 Å². The molecule has 2 aromatic rings. The minimum absolute atomic E-state index is 0.216. The third-order valence-electron chi connectivity index (χ3n) is 3.36. The largest absolute Gasteiger partial charge is 0.491 e. The van der Waals surface area contributed by atoms with Gasteiger partial charge in [0.05, 0.1) is 28.4 Å². The van der Waals surface area contributed by atoms with Gasteiger partial charge in [-0.25, -0.2) is 0 Å². The summed E-state index contributed by atoms with van der Waals surface area (Å²) in [6, 6.07) is 0. The second-order valence-corrected chi connectivity index (χ2v) is 4.70. The van der Waals surface area contributed by atoms with E-state index in [9.17, 15) is 9.59 Å². The second-order valence-electron chi connectivity index (χ2n) is 4.70. The fourth-order valence-corrected chi connectivity index (χ4v) is 2.29. The summed E-state index contributed by atoms with van der Waals surface area (Å²) in [7, 11) is 5.72. The lowest BCUT2D eigenvalue weighted by Gasteiger charge is -2.01. The topological polar surface area (TPSA) is 103 Å². The van der Waals surface area contributed by atoms with E-state index in [0.29, 0.717) is 35.5 Å². The first-order valence-electron chi connectivity index (χ1n) is 7.25. The van der Waals surface area contributed by atoms with E-state index < -0.39 is 0 Å². The lowest BCUT2D eigenvalue weighted by molar-refractivity contribution is 0.110. The Morgan fingerprint density at radius 3 is 1.27 bits per heavy atom. The summed E-state index contributed by atoms with van der Waals surface area (Å²) in [6.07, 6.45) is 1.21. The molecule has 8 nitrogen and oxygen atoms in total. The normalized spacial score (nSPS) is 9.23. The summed E-state index contributed by atoms with van der Waals surface area (Å²) in [5.41, 5.74) is 1.14. The van der Waals surface area contributed by atoms with Gasteiger partial charge in [-0.2, -0.15) is 0 Å². The van der Waals surface area contributed by atoms with E-state index >= 15 is 0 Å². The summed E-state index contributed by atoms with van der Waals surface area (Å²) < 4.78 is 20.7. The predicted octanol–water partition coefficient (Wildman–Crippen LogP) is 1.41. The molecule has 134 valence electrons. The molecule has 0 saturated carbocycles. The summed E-state index contributed by atoms with van der Waals surface area (Å²) >= 11 is 0. The molecule has 0 aliphatic rings. The molecule has 2 aromatic heterocycles. The number of aromatic amines is 2. The summed E-state index contributed by atoms with van der Waals surface area (Å²) in [5.74, 6) is 11.9. The Balaban J connectivity index is 2.39. The SMILES string of the molecule is COc1c(C#CC#Cc2[nH]c(C=O)c(OC)c2OC)[nH]c(C=O)c1OC. The number of carbonyl (C=O) groups excluding carboxylic acids is 2. The number of rotatable bonds is 6. The molecule has 0 aliphatic carbocycles. The first-order valence-corrected chi connectivity index (χ1v) is 7.25. The van der Waals surface area contributed by atoms with E-state index in [1.165, 1.54) is 28.4 Å². The molecule has 26 heavy (non-hydrogen) atoms. The van der Waals surface area contributed by atoms with Gasteiger partial charge in [-0.3, -0.25) is 9.59 Å². The Kier molecular flexibility index (Phi) is 5.96. The van der Waals surface area contributed by atoms with Crippen molar-refractivity contribution in [3.05, 3.63) is 22.8 Å². The van der Waals surface area contributed by atoms with Gasteiger partial charge in [-0.1, -0.05) is 0 Å². The average molecular weight is 356 g/mol. The number of nitrogens with one attached hydrogen (secondary N) is 2. The standard InChI is InChI=1S/C18H16N2O6/c1-23-15-11(19-13(9-21)17(15)25-3)7-5-6-8-12-16(24-2)18(26-4)14(10-22)20-12/h9-10,19-20H,1-4H3. The zero-order chi connectivity index (χ0) is 19.1. The zero-order valence-electron chi connectivity index (χ0n) is 14.6. The van der Waals surface area contributed by atoms with Crippen LogP contribution in [0.3, 0.4) is 0 Å². The quantitative estimate of drug-likeness (QED) is 0.599. The smallest absolute Gasteiger partial charge is 0.195 e. The van der Waals surface area contributed by atoms with Crippen LogP contribution >= 0.6 is 0 Å². The summed E-state index contributed by atoms with van der Waals surface area (Å²) in [6.45, 7) is 0. The fourth-order valence-electron chi connectivity index (χ4n) is 2.29. The van der Waals surface area contributed by atoms with Crippen LogP contribution in [0.1, 0.15) is 32.4 Å². The molecule has 0 saturated heterocycles. The predicted molar refractivity (Wildman–Crippen MR) is 92.3 cm³/mol. The van der Waals surface area contributed by atoms with Gasteiger partial charge in [0, 0.05) is 0 Å². The first kappa shape index (κ1) is 18.6. The zero-order valence-corrected chi connectivity index (χ0v) is 14.6. The highest BCUT2D eigenvalue weighted by Gasteiger charge is 2.18. The number of hydrogen-bond acceptors (Lipinski definition) is 6. The van der Waals surface area contributed by atoms with Crippen molar-refractivity contribution < 1.29 is 28.5 Å². The molecule has 2 N–H and O–H groups in total. The van der Waals surface area contributed by atoms with Gasteiger partial charge in [0.2, 0.25) is 0 Å². The lowest BCUT2D eigenvalue weighted by atomic mass is 10.3. The number of hydrogen-bond donors (Lipinski definition) is 2. The molecule has 2 heterocycles. The molecule has 0 radical (unpaired) electrons. The molecule has 0 aliphatic heterocycles. The van der Waals surface area contributed by atoms with E-state index in [4.69, 9.17) is 18.9 Å². The van der Waals surface area contributed by atoms with E-state index in [1.54, 1.807) is 0 Å². The maximum atomic E-state index is 11.0. The molecule has 0 unspecified atom stereocenters. The molecular formula is C18H16N2O6. The monoisotopic (exact) mass is 356 g/mol. The van der Waals surface area contributed by atoms with Gasteiger partial charge < -0.3 is 28.9 Å². The van der Waals surface area contributed by atoms with Crippen molar-refractivity contribution >= 4 is 12.6 Å². The van der Waals surface area contributed by atoms with Crippen molar-refractivity contribution in [2.24, 2.45) is 0 Å². The number of methoxy groups -OCH3 is 4. The highest BCUT2D eigenvalue weighted by atomic mass is 16.5. The third-order valence-corrected chi connectivity index (χ3v) is 3.36. The van der Waals surface area contributed by atoms with E-state index in [0.717, 1.165) is 0 Å². The van der Waals surface area contributed by atoms with Crippen LogP contribution in [0, 0.1) is 23.7 Å². The van der Waals surface area contributed by atoms with Gasteiger partial charge in [-0.05, 0) is 23.7 Å². The second kappa shape index (κ2) is 8.36. The Labute approximate surface area is 149 Å². The molecule has 2 rings (SSSR count). The number of aromatic nitrogens is 2. The number of aldehydes is 2. The molecule has 0 atom stereocenters. The number of ether oxygens (including phenoxy) is 4. The molecule has 0 fully saturated rings. The molecule has 0 aromatic carbocycles. The minimum Gasteiger partial charge on any atom is -0.491 e. The van der Waals surface area contributed by atoms with Gasteiger partial charge in [0.15, 0.2) is 35.6 Å². The van der Waals surface area contributed by atoms with Crippen molar-refractivity contribution in [3.63, 3.8) is 0 Å². The van der Waals surface area contributed by atoms with Crippen LogP contribution in [0.25, 0.3) is 0 Å². The number of carbonyl (C=O) groups is 2. The fraction of sp³-hybridized carbons (Fsp3) is 0.222. The average Bonchev–Trinajstić information content (AvgIpc) is 3.20. The molecule has 0 bridgehead atoms. The molecular weight excluding hydrogens is 340 g/mol. The van der Waals surface area contributed by atoms with Gasteiger partial charge in [0.1, 0.15) is 22.8 Å². The van der Waals surface area contributed by atoms with Crippen molar-refractivity contribution in [2.75, 3.05) is 28.4 Å². The van der Waals surface area contributed by atoms with E-state index in [1.807, 2.05) is 0 Å². The lowest BCUT2D eigenvalue weighted by Crippen LogP contribution is -1.90. The minimum atomic E-state index is 0.216. The van der Waals surface area contributed by atoms with Crippen LogP contribution in [0.2, 0.25) is 0 Å². The summed E-state index contributed by atoms with van der Waals surface area (Å²) in [4.78, 5) is 27.7. The summed E-state index contributed by atoms with van der Waals surface area (Å²) in [5, 5.41) is 0. The molecule has 8 heteroatoms. The number of H-pyrrole nitrogens is 2. The van der Waals surface area contributed by atoms with E-state index in [2.05, 4.69) is 33.6 Å². The van der Waals surface area contributed by atoms with Crippen molar-refractivity contribution in [3.8, 4) is 46.7 Å². The van der Waals surface area contributed by atoms with Gasteiger partial charge in [0.25, 0.3) is 0 Å². The Morgan fingerprint density at radius 1 is 0.654 bits per heavy atom. The van der Waals surface area contributed by atoms with Gasteiger partial charge >= 0.3 is 0 Å². The van der Waals surface area contributed by atoms with Crippen LogP contribution in [-0.2, 0) is 0 Å². The van der Waals surface area contributed by atoms with Gasteiger partial charge in [-0.15, -0.1) is 0 Å². The van der Waals surface area contributed by atoms with Crippen molar-refractivity contribution in [2.45, 2.75) is 0 Å². The van der Waals surface area contributed by atoms with Crippen molar-refractivity contribution in [1.82, 2.24) is 9.97 Å². The highest BCUT2D eigenvalue weighted by Crippen LogP contribution is 2.34. The van der Waals surface area contributed by atoms with Crippen molar-refractivity contribution in [1.29, 1.82) is 0 Å². The first-order chi connectivity index (χ1) is 12.6. The van der Waals surface area contributed by atoms with Crippen LogP contribution < -0.4 is 18.9 Å². The maximum absolute atomic E-state index is 11.0. The molecule has 0 amide bonds. The van der Waals surface area contributed by atoms with Crippen LogP contribution in [0.5, 0.6) is 23.0 Å². The Bertz CT molecular complexity index is 868. The maximum Gasteiger partial charge on any atom is 0.195 e. The Morgan fingerprint density at radius 2 is 1.00 bits per heavy atom. The van der Waals surface area contributed by atoms with E-state index in [-0.39, 0.29) is 22.9 Å².